The number of thioether (sulfide) groups is 1. The van der Waals surface area contributed by atoms with Gasteiger partial charge in [0.05, 0.1) is 12.7 Å². The van der Waals surface area contributed by atoms with Crippen molar-refractivity contribution in [2.45, 2.75) is 24.5 Å². The van der Waals surface area contributed by atoms with E-state index in [1.54, 1.807) is 19.4 Å². The van der Waals surface area contributed by atoms with Crippen LogP contribution in [0.1, 0.15) is 19.8 Å². The molecule has 22 heavy (non-hydrogen) atoms. The fraction of sp³-hybridized carbons (Fsp3) is 0.600. The third-order valence-corrected chi connectivity index (χ3v) is 4.99. The first-order valence-electron chi connectivity index (χ1n) is 7.33. The predicted molar refractivity (Wildman–Crippen MR) is 105 cm³/mol. The summed E-state index contributed by atoms with van der Waals surface area (Å²) < 4.78 is 5.92. The molecule has 0 radical (unpaired) electrons. The number of hydrogen-bond donors (Lipinski definition) is 2. The normalized spacial score (nSPS) is 21.1. The number of rotatable bonds is 6. The number of pyridine rings is 1. The molecule has 0 amide bonds. The Bertz CT molecular complexity index is 452. The molecule has 1 fully saturated rings. The first-order chi connectivity index (χ1) is 10.2. The Morgan fingerprint density at radius 2 is 2.36 bits per heavy atom. The van der Waals surface area contributed by atoms with Gasteiger partial charge in [-0.15, -0.1) is 24.0 Å². The van der Waals surface area contributed by atoms with Crippen molar-refractivity contribution in [2.24, 2.45) is 4.99 Å². The molecule has 1 saturated heterocycles. The number of aliphatic imine (C=N–C) groups is 1. The minimum Gasteiger partial charge on any atom is -0.490 e. The van der Waals surface area contributed by atoms with E-state index in [0.717, 1.165) is 18.3 Å². The van der Waals surface area contributed by atoms with Gasteiger partial charge in [-0.25, -0.2) is 0 Å². The molecule has 0 bridgehead atoms. The lowest BCUT2D eigenvalue weighted by Crippen LogP contribution is -2.44. The van der Waals surface area contributed by atoms with E-state index in [-0.39, 0.29) is 24.0 Å². The summed E-state index contributed by atoms with van der Waals surface area (Å²) in [5.74, 6) is 2.89. The van der Waals surface area contributed by atoms with Crippen molar-refractivity contribution in [1.29, 1.82) is 0 Å². The molecule has 2 rings (SSSR count). The second-order valence-corrected chi connectivity index (χ2v) is 6.97. The number of guanidine groups is 1. The molecule has 7 heteroatoms. The zero-order valence-corrected chi connectivity index (χ0v) is 16.3. The van der Waals surface area contributed by atoms with Crippen molar-refractivity contribution in [1.82, 2.24) is 15.6 Å². The van der Waals surface area contributed by atoms with Gasteiger partial charge in [0.25, 0.3) is 0 Å². The minimum absolute atomic E-state index is 0. The summed E-state index contributed by atoms with van der Waals surface area (Å²) in [4.78, 5) is 8.25. The number of ether oxygens (including phenoxy) is 1. The van der Waals surface area contributed by atoms with Crippen LogP contribution in [0.2, 0.25) is 0 Å². The quantitative estimate of drug-likeness (QED) is 0.311. The number of aromatic nitrogens is 1. The van der Waals surface area contributed by atoms with Crippen LogP contribution in [0.4, 0.5) is 0 Å². The van der Waals surface area contributed by atoms with Crippen molar-refractivity contribution < 1.29 is 4.74 Å². The average Bonchev–Trinajstić information content (AvgIpc) is 2.95. The van der Waals surface area contributed by atoms with Crippen LogP contribution in [0.15, 0.2) is 29.5 Å². The van der Waals surface area contributed by atoms with Crippen LogP contribution in [0.5, 0.6) is 5.75 Å². The van der Waals surface area contributed by atoms with Gasteiger partial charge in [0.1, 0.15) is 12.4 Å². The highest BCUT2D eigenvalue weighted by molar-refractivity contribution is 14.0. The number of halogens is 1. The summed E-state index contributed by atoms with van der Waals surface area (Å²) in [6.45, 7) is 4.55. The van der Waals surface area contributed by atoms with Gasteiger partial charge in [0, 0.05) is 24.5 Å². The van der Waals surface area contributed by atoms with Gasteiger partial charge in [-0.2, -0.15) is 11.8 Å². The molecule has 1 aromatic heterocycles. The largest absolute Gasteiger partial charge is 0.490 e. The van der Waals surface area contributed by atoms with Gasteiger partial charge >= 0.3 is 0 Å². The Balaban J connectivity index is 0.00000242. The summed E-state index contributed by atoms with van der Waals surface area (Å²) in [5, 5.41) is 6.67. The highest BCUT2D eigenvalue weighted by atomic mass is 127. The van der Waals surface area contributed by atoms with E-state index in [1.165, 1.54) is 18.6 Å². The van der Waals surface area contributed by atoms with Crippen molar-refractivity contribution in [3.8, 4) is 5.75 Å². The topological polar surface area (TPSA) is 58.5 Å². The van der Waals surface area contributed by atoms with Gasteiger partial charge < -0.3 is 15.4 Å². The SMILES string of the molecule is CN=C(NCCOc1cccnc1)NCC1(C)CCCS1.I. The van der Waals surface area contributed by atoms with Crippen LogP contribution in [0.25, 0.3) is 0 Å². The Morgan fingerprint density at radius 1 is 1.50 bits per heavy atom. The van der Waals surface area contributed by atoms with Crippen molar-refractivity contribution in [3.05, 3.63) is 24.5 Å². The third-order valence-electron chi connectivity index (χ3n) is 3.45. The lowest BCUT2D eigenvalue weighted by Gasteiger charge is -2.24. The molecular weight excluding hydrogens is 411 g/mol. The molecular formula is C15H25IN4OS. The maximum absolute atomic E-state index is 5.59. The molecule has 0 spiro atoms. The monoisotopic (exact) mass is 436 g/mol. The van der Waals surface area contributed by atoms with E-state index in [2.05, 4.69) is 27.5 Å². The smallest absolute Gasteiger partial charge is 0.191 e. The highest BCUT2D eigenvalue weighted by Gasteiger charge is 2.29. The lowest BCUT2D eigenvalue weighted by atomic mass is 10.1. The maximum atomic E-state index is 5.59. The van der Waals surface area contributed by atoms with Crippen LogP contribution >= 0.6 is 35.7 Å². The molecule has 2 heterocycles. The van der Waals surface area contributed by atoms with Crippen molar-refractivity contribution >= 4 is 41.7 Å². The summed E-state index contributed by atoms with van der Waals surface area (Å²) in [5.41, 5.74) is 0. The Kier molecular flexibility index (Phi) is 8.92. The highest BCUT2D eigenvalue weighted by Crippen LogP contribution is 2.36. The first-order valence-corrected chi connectivity index (χ1v) is 8.32. The molecule has 2 N–H and O–H groups in total. The van der Waals surface area contributed by atoms with Gasteiger partial charge in [-0.1, -0.05) is 0 Å². The van der Waals surface area contributed by atoms with E-state index in [1.807, 2.05) is 23.9 Å². The Hall–Kier alpha value is -0.700. The molecule has 0 aromatic carbocycles. The fourth-order valence-electron chi connectivity index (χ4n) is 2.24. The molecule has 0 aliphatic carbocycles. The molecule has 1 aliphatic rings. The zero-order valence-electron chi connectivity index (χ0n) is 13.2. The summed E-state index contributed by atoms with van der Waals surface area (Å²) >= 11 is 2.05. The van der Waals surface area contributed by atoms with Crippen LogP contribution < -0.4 is 15.4 Å². The second-order valence-electron chi connectivity index (χ2n) is 5.29. The summed E-state index contributed by atoms with van der Waals surface area (Å²) in [7, 11) is 1.79. The standard InChI is InChI=1S/C15H24N4OS.HI/c1-15(6-4-10-21-15)12-19-14(16-2)18-8-9-20-13-5-3-7-17-11-13;/h3,5,7,11H,4,6,8-10,12H2,1-2H3,(H2,16,18,19);1H. The number of nitrogens with zero attached hydrogens (tertiary/aromatic N) is 2. The van der Waals surface area contributed by atoms with Crippen molar-refractivity contribution in [2.75, 3.05) is 32.5 Å². The van der Waals surface area contributed by atoms with Gasteiger partial charge in [0.15, 0.2) is 5.96 Å². The van der Waals surface area contributed by atoms with E-state index < -0.39 is 0 Å². The number of hydrogen-bond acceptors (Lipinski definition) is 4. The van der Waals surface area contributed by atoms with Gasteiger partial charge in [-0.3, -0.25) is 9.98 Å². The van der Waals surface area contributed by atoms with Crippen LogP contribution in [0, 0.1) is 0 Å². The zero-order chi connectivity index (χ0) is 15.0. The van der Waals surface area contributed by atoms with Crippen LogP contribution in [-0.2, 0) is 0 Å². The van der Waals surface area contributed by atoms with Crippen LogP contribution in [-0.4, -0.2) is 48.2 Å². The molecule has 1 unspecified atom stereocenters. The maximum Gasteiger partial charge on any atom is 0.191 e. The van der Waals surface area contributed by atoms with E-state index in [0.29, 0.717) is 17.9 Å². The lowest BCUT2D eigenvalue weighted by molar-refractivity contribution is 0.320. The van der Waals surface area contributed by atoms with Crippen molar-refractivity contribution in [3.63, 3.8) is 0 Å². The third kappa shape index (κ3) is 6.60. The predicted octanol–water partition coefficient (Wildman–Crippen LogP) is 2.53. The molecule has 1 aliphatic heterocycles. The number of nitrogens with one attached hydrogen (secondary N) is 2. The van der Waals surface area contributed by atoms with Crippen LogP contribution in [0.3, 0.4) is 0 Å². The molecule has 0 saturated carbocycles. The second kappa shape index (κ2) is 10.1. The van der Waals surface area contributed by atoms with E-state index in [9.17, 15) is 0 Å². The van der Waals surface area contributed by atoms with Gasteiger partial charge in [-0.05, 0) is 37.7 Å². The fourth-order valence-corrected chi connectivity index (χ4v) is 3.48. The van der Waals surface area contributed by atoms with Gasteiger partial charge in [0.2, 0.25) is 0 Å². The molecule has 1 aromatic rings. The summed E-state index contributed by atoms with van der Waals surface area (Å²) in [6, 6.07) is 3.77. The average molecular weight is 436 g/mol. The first kappa shape index (κ1) is 19.3. The van der Waals surface area contributed by atoms with E-state index in [4.69, 9.17) is 4.74 Å². The summed E-state index contributed by atoms with van der Waals surface area (Å²) in [6.07, 6.45) is 6.03. The molecule has 1 atom stereocenters. The van der Waals surface area contributed by atoms with E-state index >= 15 is 0 Å². The minimum atomic E-state index is 0. The Morgan fingerprint density at radius 3 is 3.00 bits per heavy atom. The molecule has 5 nitrogen and oxygen atoms in total. The Labute approximate surface area is 154 Å². The molecule has 124 valence electrons.